The topological polar surface area (TPSA) is 70.1 Å². The van der Waals surface area contributed by atoms with E-state index >= 15 is 0 Å². The predicted molar refractivity (Wildman–Crippen MR) is 56.7 cm³/mol. The van der Waals surface area contributed by atoms with Gasteiger partial charge in [-0.3, -0.25) is 14.5 Å². The van der Waals surface area contributed by atoms with Crippen LogP contribution in [0, 0.1) is 5.92 Å². The fourth-order valence-corrected chi connectivity index (χ4v) is 1.92. The van der Waals surface area contributed by atoms with Crippen molar-refractivity contribution in [2.24, 2.45) is 5.92 Å². The summed E-state index contributed by atoms with van der Waals surface area (Å²) >= 11 is 0. The van der Waals surface area contributed by atoms with Crippen LogP contribution in [0.15, 0.2) is 0 Å². The summed E-state index contributed by atoms with van der Waals surface area (Å²) in [6.45, 7) is 2.39. The lowest BCUT2D eigenvalue weighted by Gasteiger charge is -2.36. The first-order chi connectivity index (χ1) is 7.47. The first kappa shape index (κ1) is 12.8. The van der Waals surface area contributed by atoms with Crippen LogP contribution in [0.5, 0.6) is 0 Å². The molecular weight excluding hydrogens is 212 g/mol. The second-order valence-electron chi connectivity index (χ2n) is 4.15. The minimum absolute atomic E-state index is 0.299. The van der Waals surface area contributed by atoms with Crippen molar-refractivity contribution in [3.05, 3.63) is 0 Å². The maximum Gasteiger partial charge on any atom is 0.407 e. The Morgan fingerprint density at radius 3 is 2.56 bits per heavy atom. The van der Waals surface area contributed by atoms with Crippen molar-refractivity contribution in [3.63, 3.8) is 0 Å². The molecule has 0 aromatic carbocycles. The fourth-order valence-electron chi connectivity index (χ4n) is 1.92. The van der Waals surface area contributed by atoms with Gasteiger partial charge in [-0.25, -0.2) is 9.86 Å². The van der Waals surface area contributed by atoms with Crippen molar-refractivity contribution >= 4 is 12.0 Å². The molecule has 0 aliphatic carbocycles. The van der Waals surface area contributed by atoms with E-state index in [0.717, 1.165) is 11.5 Å². The summed E-state index contributed by atoms with van der Waals surface area (Å²) < 4.78 is 0. The smallest absolute Gasteiger partial charge is 0.407 e. The highest BCUT2D eigenvalue weighted by molar-refractivity contribution is 5.84. The number of likely N-dealkylation sites (N-methyl/N-ethyl adjacent to an activating group) is 1. The highest BCUT2D eigenvalue weighted by Crippen LogP contribution is 2.22. The minimum atomic E-state index is -1.05. The summed E-state index contributed by atoms with van der Waals surface area (Å²) in [5.74, 6) is -0.00944. The van der Waals surface area contributed by atoms with Crippen molar-refractivity contribution in [1.29, 1.82) is 0 Å². The molecule has 2 atom stereocenters. The molecule has 0 spiro atoms. The molecule has 0 aromatic rings. The molecule has 0 saturated carbocycles. The number of amides is 2. The Bertz CT molecular complexity index is 282. The highest BCUT2D eigenvalue weighted by Gasteiger charge is 2.36. The number of hydroxylamine groups is 2. The lowest BCUT2D eigenvalue weighted by Crippen LogP contribution is -2.53. The maximum atomic E-state index is 11.8. The van der Waals surface area contributed by atoms with Gasteiger partial charge in [-0.1, -0.05) is 6.92 Å². The molecule has 1 N–H and O–H groups in total. The lowest BCUT2D eigenvalue weighted by atomic mass is 9.94. The van der Waals surface area contributed by atoms with Crippen LogP contribution < -0.4 is 0 Å². The Morgan fingerprint density at radius 1 is 1.44 bits per heavy atom. The van der Waals surface area contributed by atoms with E-state index in [1.807, 2.05) is 6.92 Å². The summed E-state index contributed by atoms with van der Waals surface area (Å²) in [6, 6.07) is -0.612. The molecule has 6 nitrogen and oxygen atoms in total. The van der Waals surface area contributed by atoms with Crippen molar-refractivity contribution < 1.29 is 19.5 Å². The molecular formula is C10H18N2O4. The molecule has 0 bridgehead atoms. The van der Waals surface area contributed by atoms with Gasteiger partial charge in [0.05, 0.1) is 7.11 Å². The summed E-state index contributed by atoms with van der Waals surface area (Å²) in [5.41, 5.74) is 0. The second kappa shape index (κ2) is 5.16. The number of rotatable bonds is 2. The number of piperidine rings is 1. The monoisotopic (exact) mass is 230 g/mol. The summed E-state index contributed by atoms with van der Waals surface area (Å²) in [5, 5.41) is 10.1. The molecule has 1 saturated heterocycles. The molecule has 1 heterocycles. The number of likely N-dealkylation sites (tertiary alicyclic amines) is 1. The molecule has 6 heteroatoms. The average Bonchev–Trinajstić information content (AvgIpc) is 2.26. The zero-order chi connectivity index (χ0) is 12.3. The number of hydrogen-bond acceptors (Lipinski definition) is 3. The van der Waals surface area contributed by atoms with Gasteiger partial charge in [0, 0.05) is 13.6 Å². The Kier molecular flexibility index (Phi) is 4.12. The van der Waals surface area contributed by atoms with Crippen LogP contribution in [0.1, 0.15) is 19.8 Å². The standard InChI is InChI=1S/C10H18N2O4/c1-7-4-5-8(9(13)11(2)16-3)12(6-7)10(14)15/h7-8H,4-6H2,1-3H3,(H,14,15)/t7-,8+/m0/s1. The third kappa shape index (κ3) is 2.63. The first-order valence-corrected chi connectivity index (χ1v) is 5.28. The maximum absolute atomic E-state index is 11.8. The summed E-state index contributed by atoms with van der Waals surface area (Å²) in [7, 11) is 2.87. The summed E-state index contributed by atoms with van der Waals surface area (Å²) in [6.07, 6.45) is 0.368. The van der Waals surface area contributed by atoms with Crippen LogP contribution in [0.2, 0.25) is 0 Å². The van der Waals surface area contributed by atoms with Crippen molar-refractivity contribution in [2.45, 2.75) is 25.8 Å². The lowest BCUT2D eigenvalue weighted by molar-refractivity contribution is -0.175. The van der Waals surface area contributed by atoms with Gasteiger partial charge in [0.2, 0.25) is 0 Å². The molecule has 0 aromatic heterocycles. The Balaban J connectivity index is 2.76. The normalized spacial score (nSPS) is 25.3. The van der Waals surface area contributed by atoms with Crippen molar-refractivity contribution in [1.82, 2.24) is 9.96 Å². The molecule has 1 fully saturated rings. The van der Waals surface area contributed by atoms with Gasteiger partial charge in [0.15, 0.2) is 0 Å². The Hall–Kier alpha value is -1.30. The third-order valence-electron chi connectivity index (χ3n) is 2.93. The van der Waals surface area contributed by atoms with Gasteiger partial charge in [-0.05, 0) is 18.8 Å². The third-order valence-corrected chi connectivity index (χ3v) is 2.93. The highest BCUT2D eigenvalue weighted by atomic mass is 16.7. The van der Waals surface area contributed by atoms with E-state index in [-0.39, 0.29) is 5.91 Å². The van der Waals surface area contributed by atoms with Crippen LogP contribution in [0.25, 0.3) is 0 Å². The van der Waals surface area contributed by atoms with Gasteiger partial charge in [-0.2, -0.15) is 0 Å². The van der Waals surface area contributed by atoms with E-state index in [2.05, 4.69) is 0 Å². The summed E-state index contributed by atoms with van der Waals surface area (Å²) in [4.78, 5) is 28.9. The van der Waals surface area contributed by atoms with Crippen LogP contribution in [0.4, 0.5) is 4.79 Å². The number of nitrogens with zero attached hydrogens (tertiary/aromatic N) is 2. The number of carboxylic acid groups (broad SMARTS) is 1. The zero-order valence-electron chi connectivity index (χ0n) is 9.84. The fraction of sp³-hybridized carbons (Fsp3) is 0.800. The number of hydrogen-bond donors (Lipinski definition) is 1. The Labute approximate surface area is 94.7 Å². The van der Waals surface area contributed by atoms with E-state index in [9.17, 15) is 9.59 Å². The quantitative estimate of drug-likeness (QED) is 0.712. The van der Waals surface area contributed by atoms with E-state index in [1.54, 1.807) is 0 Å². The molecule has 16 heavy (non-hydrogen) atoms. The van der Waals surface area contributed by atoms with Gasteiger partial charge in [0.25, 0.3) is 5.91 Å². The molecule has 0 radical (unpaired) electrons. The second-order valence-corrected chi connectivity index (χ2v) is 4.15. The molecule has 2 amide bonds. The van der Waals surface area contributed by atoms with E-state index in [0.29, 0.717) is 18.9 Å². The largest absolute Gasteiger partial charge is 0.465 e. The minimum Gasteiger partial charge on any atom is -0.465 e. The van der Waals surface area contributed by atoms with Gasteiger partial charge in [-0.15, -0.1) is 0 Å². The number of carbonyl (C=O) groups excluding carboxylic acids is 1. The van der Waals surface area contributed by atoms with E-state index < -0.39 is 12.1 Å². The Morgan fingerprint density at radius 2 is 2.06 bits per heavy atom. The van der Waals surface area contributed by atoms with Crippen molar-refractivity contribution in [2.75, 3.05) is 20.7 Å². The molecule has 1 rings (SSSR count). The van der Waals surface area contributed by atoms with Gasteiger partial charge in [0.1, 0.15) is 6.04 Å². The van der Waals surface area contributed by atoms with E-state index in [4.69, 9.17) is 9.94 Å². The predicted octanol–water partition coefficient (Wildman–Crippen LogP) is 0.785. The molecule has 92 valence electrons. The molecule has 1 aliphatic heterocycles. The first-order valence-electron chi connectivity index (χ1n) is 5.28. The van der Waals surface area contributed by atoms with Crippen LogP contribution in [0.3, 0.4) is 0 Å². The molecule has 0 unspecified atom stereocenters. The van der Waals surface area contributed by atoms with Crippen molar-refractivity contribution in [3.8, 4) is 0 Å². The molecule has 1 aliphatic rings. The van der Waals surface area contributed by atoms with Gasteiger partial charge >= 0.3 is 6.09 Å². The van der Waals surface area contributed by atoms with Gasteiger partial charge < -0.3 is 5.11 Å². The average molecular weight is 230 g/mol. The zero-order valence-corrected chi connectivity index (χ0v) is 9.84. The SMILES string of the molecule is CON(C)C(=O)[C@H]1CC[C@H](C)CN1C(=O)O. The number of carbonyl (C=O) groups is 2. The van der Waals surface area contributed by atoms with Crippen LogP contribution >= 0.6 is 0 Å². The van der Waals surface area contributed by atoms with Crippen LogP contribution in [-0.4, -0.2) is 53.8 Å². The van der Waals surface area contributed by atoms with Crippen LogP contribution in [-0.2, 0) is 9.63 Å². The van der Waals surface area contributed by atoms with E-state index in [1.165, 1.54) is 19.1 Å².